The van der Waals surface area contributed by atoms with Crippen molar-refractivity contribution in [2.24, 2.45) is 0 Å². The lowest BCUT2D eigenvalue weighted by Crippen LogP contribution is -2.42. The third kappa shape index (κ3) is 5.76. The number of carbonyl (C=O) groups is 1. The van der Waals surface area contributed by atoms with E-state index < -0.39 is 6.04 Å². The summed E-state index contributed by atoms with van der Waals surface area (Å²) in [6.07, 6.45) is 0.422. The highest BCUT2D eigenvalue weighted by Crippen LogP contribution is 2.32. The standard InChI is InChI=1S/C23H24Cl4N4O2/c1-14(23(32)28-4-5-30-6-8-33-9-7-30)31-21-13-19(27)18(26)12-20(21)29-22(31)10-15-2-3-16(24)11-17(15)25/h2-3,11-14H,4-10H2,1H3,(H,28,32)/t14-/m1/s1. The van der Waals surface area contributed by atoms with Gasteiger partial charge in [0.05, 0.1) is 34.3 Å². The number of carbonyl (C=O) groups excluding carboxylic acids is 1. The van der Waals surface area contributed by atoms with Crippen LogP contribution >= 0.6 is 46.4 Å². The molecule has 1 aromatic heterocycles. The second-order valence-electron chi connectivity index (χ2n) is 7.99. The Hall–Kier alpha value is -1.54. The molecule has 1 fully saturated rings. The number of hydrogen-bond donors (Lipinski definition) is 1. The molecule has 10 heteroatoms. The summed E-state index contributed by atoms with van der Waals surface area (Å²) in [5.74, 6) is 0.584. The summed E-state index contributed by atoms with van der Waals surface area (Å²) in [4.78, 5) is 20.1. The molecule has 2 aromatic carbocycles. The monoisotopic (exact) mass is 528 g/mol. The molecule has 0 spiro atoms. The number of morpholine rings is 1. The van der Waals surface area contributed by atoms with Gasteiger partial charge < -0.3 is 14.6 Å². The van der Waals surface area contributed by atoms with E-state index in [1.807, 2.05) is 17.6 Å². The molecule has 6 nitrogen and oxygen atoms in total. The number of halogens is 4. The summed E-state index contributed by atoms with van der Waals surface area (Å²) < 4.78 is 7.27. The summed E-state index contributed by atoms with van der Waals surface area (Å²) in [6.45, 7) is 6.39. The van der Waals surface area contributed by atoms with Gasteiger partial charge in [-0.05, 0) is 36.8 Å². The highest BCUT2D eigenvalue weighted by atomic mass is 35.5. The van der Waals surface area contributed by atoms with Gasteiger partial charge in [-0.3, -0.25) is 9.69 Å². The van der Waals surface area contributed by atoms with E-state index in [0.717, 1.165) is 43.9 Å². The summed E-state index contributed by atoms with van der Waals surface area (Å²) in [5.41, 5.74) is 2.26. The number of nitrogens with zero attached hydrogens (tertiary/aromatic N) is 3. The van der Waals surface area contributed by atoms with Crippen LogP contribution in [0.25, 0.3) is 11.0 Å². The van der Waals surface area contributed by atoms with Crippen molar-refractivity contribution in [1.82, 2.24) is 19.8 Å². The fourth-order valence-corrected chi connectivity index (χ4v) is 4.75. The first kappa shape index (κ1) is 24.6. The van der Waals surface area contributed by atoms with Gasteiger partial charge in [0.2, 0.25) is 5.91 Å². The largest absolute Gasteiger partial charge is 0.379 e. The Bertz CT molecular complexity index is 1160. The predicted octanol–water partition coefficient (Wildman–Crippen LogP) is 5.25. The summed E-state index contributed by atoms with van der Waals surface area (Å²) in [5, 5.41) is 4.96. The smallest absolute Gasteiger partial charge is 0.242 e. The van der Waals surface area contributed by atoms with Crippen molar-refractivity contribution in [3.05, 3.63) is 61.8 Å². The van der Waals surface area contributed by atoms with E-state index in [-0.39, 0.29) is 5.91 Å². The van der Waals surface area contributed by atoms with E-state index >= 15 is 0 Å². The first-order chi connectivity index (χ1) is 15.8. The summed E-state index contributed by atoms with van der Waals surface area (Å²) in [7, 11) is 0. The van der Waals surface area contributed by atoms with Crippen molar-refractivity contribution in [2.75, 3.05) is 39.4 Å². The lowest BCUT2D eigenvalue weighted by atomic mass is 10.1. The van der Waals surface area contributed by atoms with Gasteiger partial charge in [0.15, 0.2) is 0 Å². The van der Waals surface area contributed by atoms with Crippen LogP contribution in [0, 0.1) is 0 Å². The van der Waals surface area contributed by atoms with Crippen LogP contribution < -0.4 is 5.32 Å². The Morgan fingerprint density at radius 3 is 2.55 bits per heavy atom. The summed E-state index contributed by atoms with van der Waals surface area (Å²) in [6, 6.07) is 8.29. The lowest BCUT2D eigenvalue weighted by Gasteiger charge is -2.26. The van der Waals surface area contributed by atoms with E-state index in [1.54, 1.807) is 24.3 Å². The zero-order chi connectivity index (χ0) is 23.5. The molecular formula is C23H24Cl4N4O2. The highest BCUT2D eigenvalue weighted by molar-refractivity contribution is 6.42. The van der Waals surface area contributed by atoms with Crippen LogP contribution in [0.15, 0.2) is 30.3 Å². The second kappa shape index (κ2) is 10.8. The lowest BCUT2D eigenvalue weighted by molar-refractivity contribution is -0.123. The number of benzene rings is 2. The third-order valence-electron chi connectivity index (χ3n) is 5.77. The molecule has 4 rings (SSSR count). The Morgan fingerprint density at radius 2 is 1.82 bits per heavy atom. The van der Waals surface area contributed by atoms with Crippen molar-refractivity contribution in [1.29, 1.82) is 0 Å². The van der Waals surface area contributed by atoms with Crippen molar-refractivity contribution in [3.8, 4) is 0 Å². The van der Waals surface area contributed by atoms with Crippen molar-refractivity contribution >= 4 is 63.3 Å². The number of aromatic nitrogens is 2. The average molecular weight is 530 g/mol. The molecule has 1 saturated heterocycles. The molecule has 3 aromatic rings. The molecule has 176 valence electrons. The fourth-order valence-electron chi connectivity index (χ4n) is 3.96. The van der Waals surface area contributed by atoms with Crippen molar-refractivity contribution < 1.29 is 9.53 Å². The maximum absolute atomic E-state index is 13.1. The van der Waals surface area contributed by atoms with Gasteiger partial charge in [0.1, 0.15) is 11.9 Å². The molecule has 1 aliphatic rings. The number of fused-ring (bicyclic) bond motifs is 1. The molecule has 1 atom stereocenters. The molecule has 0 unspecified atom stereocenters. The first-order valence-corrected chi connectivity index (χ1v) is 12.2. The van der Waals surface area contributed by atoms with E-state index in [4.69, 9.17) is 56.1 Å². The molecule has 2 heterocycles. The van der Waals surface area contributed by atoms with Gasteiger partial charge in [0, 0.05) is 42.6 Å². The zero-order valence-electron chi connectivity index (χ0n) is 18.1. The zero-order valence-corrected chi connectivity index (χ0v) is 21.1. The van der Waals surface area contributed by atoms with Gasteiger partial charge >= 0.3 is 0 Å². The molecule has 33 heavy (non-hydrogen) atoms. The molecule has 0 bridgehead atoms. The van der Waals surface area contributed by atoms with Gasteiger partial charge in [0.25, 0.3) is 0 Å². The first-order valence-electron chi connectivity index (χ1n) is 10.7. The Balaban J connectivity index is 1.60. The maximum atomic E-state index is 13.1. The molecule has 1 aliphatic heterocycles. The van der Waals surface area contributed by atoms with Crippen LogP contribution in [0.4, 0.5) is 0 Å². The molecule has 0 radical (unpaired) electrons. The number of imidazole rings is 1. The Kier molecular flexibility index (Phi) is 8.05. The van der Waals surface area contributed by atoms with Crippen LogP contribution in [0.2, 0.25) is 20.1 Å². The minimum absolute atomic E-state index is 0.0999. The van der Waals surface area contributed by atoms with Crippen LogP contribution in [0.5, 0.6) is 0 Å². The quantitative estimate of drug-likeness (QED) is 0.454. The minimum Gasteiger partial charge on any atom is -0.379 e. The van der Waals surface area contributed by atoms with Crippen LogP contribution in [0.3, 0.4) is 0 Å². The van der Waals surface area contributed by atoms with E-state index in [9.17, 15) is 4.79 Å². The van der Waals surface area contributed by atoms with Crippen LogP contribution in [-0.2, 0) is 16.0 Å². The van der Waals surface area contributed by atoms with E-state index in [0.29, 0.717) is 44.4 Å². The number of hydrogen-bond acceptors (Lipinski definition) is 4. The van der Waals surface area contributed by atoms with Crippen LogP contribution in [-0.4, -0.2) is 59.8 Å². The van der Waals surface area contributed by atoms with Gasteiger partial charge in [-0.15, -0.1) is 0 Å². The van der Waals surface area contributed by atoms with Gasteiger partial charge in [-0.1, -0.05) is 52.5 Å². The molecule has 0 aliphatic carbocycles. The second-order valence-corrected chi connectivity index (χ2v) is 9.64. The fraction of sp³-hybridized carbons (Fsp3) is 0.391. The van der Waals surface area contributed by atoms with Crippen molar-refractivity contribution in [2.45, 2.75) is 19.4 Å². The topological polar surface area (TPSA) is 59.4 Å². The third-order valence-corrected chi connectivity index (χ3v) is 7.08. The molecular weight excluding hydrogens is 506 g/mol. The SMILES string of the molecule is C[C@H](C(=O)NCCN1CCOCC1)n1c(Cc2ccc(Cl)cc2Cl)nc2cc(Cl)c(Cl)cc21. The predicted molar refractivity (Wildman–Crippen MR) is 134 cm³/mol. The molecule has 1 amide bonds. The minimum atomic E-state index is -0.516. The molecule has 0 saturated carbocycles. The molecule has 1 N–H and O–H groups in total. The Labute approximate surface area is 212 Å². The average Bonchev–Trinajstić information content (AvgIpc) is 3.12. The number of nitrogens with one attached hydrogen (secondary N) is 1. The maximum Gasteiger partial charge on any atom is 0.242 e. The summed E-state index contributed by atoms with van der Waals surface area (Å²) >= 11 is 25.0. The van der Waals surface area contributed by atoms with Crippen LogP contribution in [0.1, 0.15) is 24.4 Å². The number of rotatable bonds is 7. The normalized spacial score (nSPS) is 15.7. The van der Waals surface area contributed by atoms with Gasteiger partial charge in [-0.2, -0.15) is 0 Å². The van der Waals surface area contributed by atoms with Crippen molar-refractivity contribution in [3.63, 3.8) is 0 Å². The van der Waals surface area contributed by atoms with E-state index in [2.05, 4.69) is 10.2 Å². The highest BCUT2D eigenvalue weighted by Gasteiger charge is 2.23. The Morgan fingerprint density at radius 1 is 1.09 bits per heavy atom. The number of ether oxygens (including phenoxy) is 1. The number of amides is 1. The van der Waals surface area contributed by atoms with Gasteiger partial charge in [-0.25, -0.2) is 4.98 Å². The van der Waals surface area contributed by atoms with E-state index in [1.165, 1.54) is 0 Å².